The first-order valence-corrected chi connectivity index (χ1v) is 18.6. The van der Waals surface area contributed by atoms with Crippen molar-refractivity contribution in [3.05, 3.63) is 206 Å². The smallest absolute Gasteiger partial charge is 0.0547 e. The second-order valence-electron chi connectivity index (χ2n) is 14.2. The van der Waals surface area contributed by atoms with Crippen LogP contribution in [0.25, 0.3) is 99.1 Å². The van der Waals surface area contributed by atoms with Crippen LogP contribution in [0.1, 0.15) is 0 Å². The molecule has 0 aliphatic rings. The molecule has 0 aliphatic heterocycles. The fourth-order valence-corrected chi connectivity index (χ4v) is 8.59. The Hall–Kier alpha value is -7.16. The minimum absolute atomic E-state index is 1.16. The van der Waals surface area contributed by atoms with E-state index in [1.165, 1.54) is 93.5 Å². The van der Waals surface area contributed by atoms with Crippen molar-refractivity contribution in [2.75, 3.05) is 0 Å². The van der Waals surface area contributed by atoms with E-state index in [4.69, 9.17) is 0 Å². The van der Waals surface area contributed by atoms with Crippen LogP contribution in [-0.4, -0.2) is 9.13 Å². The zero-order valence-corrected chi connectivity index (χ0v) is 29.5. The number of hydrogen-bond donors (Lipinski definition) is 0. The number of benzene rings is 9. The van der Waals surface area contributed by atoms with E-state index in [9.17, 15) is 0 Å². The van der Waals surface area contributed by atoms with Gasteiger partial charge in [0.05, 0.1) is 22.1 Å². The maximum absolute atomic E-state index is 2.45. The molecule has 0 fully saturated rings. The zero-order valence-electron chi connectivity index (χ0n) is 29.5. The van der Waals surface area contributed by atoms with Crippen molar-refractivity contribution in [1.29, 1.82) is 0 Å². The molecule has 0 saturated carbocycles. The Labute approximate surface area is 313 Å². The van der Waals surface area contributed by atoms with E-state index in [-0.39, 0.29) is 0 Å². The number of rotatable bonds is 5. The Balaban J connectivity index is 1.16. The molecule has 0 unspecified atom stereocenters. The lowest BCUT2D eigenvalue weighted by Gasteiger charge is -2.11. The summed E-state index contributed by atoms with van der Waals surface area (Å²) in [5.74, 6) is 0. The van der Waals surface area contributed by atoms with Crippen molar-refractivity contribution < 1.29 is 0 Å². The van der Waals surface area contributed by atoms with Gasteiger partial charge >= 0.3 is 0 Å². The highest BCUT2D eigenvalue weighted by molar-refractivity contribution is 6.17. The average Bonchev–Trinajstić information content (AvgIpc) is 3.76. The molecule has 0 N–H and O–H groups in total. The molecular weight excluding hydrogens is 653 g/mol. The zero-order chi connectivity index (χ0) is 35.6. The van der Waals surface area contributed by atoms with Gasteiger partial charge in [-0.25, -0.2) is 0 Å². The molecule has 0 aliphatic carbocycles. The molecule has 0 bridgehead atoms. The Morgan fingerprint density at radius 1 is 0.259 bits per heavy atom. The number of fused-ring (bicyclic) bond motifs is 7. The second-order valence-corrected chi connectivity index (χ2v) is 14.2. The lowest BCUT2D eigenvalue weighted by atomic mass is 9.95. The number of nitrogens with zero attached hydrogens (tertiary/aromatic N) is 2. The largest absolute Gasteiger partial charge is 0.309 e. The van der Waals surface area contributed by atoms with E-state index in [1.807, 2.05) is 0 Å². The fourth-order valence-electron chi connectivity index (χ4n) is 8.59. The quantitative estimate of drug-likeness (QED) is 0.171. The van der Waals surface area contributed by atoms with E-state index >= 15 is 0 Å². The molecule has 9 aromatic carbocycles. The van der Waals surface area contributed by atoms with Gasteiger partial charge in [0.25, 0.3) is 0 Å². The molecule has 252 valence electrons. The average molecular weight is 687 g/mol. The Morgan fingerprint density at radius 2 is 0.833 bits per heavy atom. The molecule has 11 rings (SSSR count). The summed E-state index contributed by atoms with van der Waals surface area (Å²) in [7, 11) is 0. The lowest BCUT2D eigenvalue weighted by Crippen LogP contribution is -1.94. The molecule has 54 heavy (non-hydrogen) atoms. The molecule has 0 radical (unpaired) electrons. The molecule has 0 saturated heterocycles. The number of aromatic nitrogens is 2. The van der Waals surface area contributed by atoms with E-state index in [1.54, 1.807) is 0 Å². The third kappa shape index (κ3) is 4.81. The standard InChI is InChI=1S/C52H34N2/c1-3-13-35(14-4-1)37-17-11-18-41(31-37)44-22-12-24-51-52(44)47-34-40(27-30-50(47)54(51)43-28-25-36-15-7-8-16-38(36)32-43)39-26-29-49-46(33-39)45-21-9-10-23-48(45)53(49)42-19-5-2-6-20-42/h1-34H. The van der Waals surface area contributed by atoms with Gasteiger partial charge in [-0.2, -0.15) is 0 Å². The molecular formula is C52H34N2. The molecule has 0 atom stereocenters. The van der Waals surface area contributed by atoms with Crippen LogP contribution in [0.15, 0.2) is 206 Å². The monoisotopic (exact) mass is 686 g/mol. The van der Waals surface area contributed by atoms with Gasteiger partial charge in [-0.05, 0) is 111 Å². The molecule has 0 amide bonds. The minimum atomic E-state index is 1.16. The van der Waals surface area contributed by atoms with Gasteiger partial charge in [-0.1, -0.05) is 140 Å². The molecule has 0 spiro atoms. The van der Waals surface area contributed by atoms with Crippen LogP contribution in [0, 0.1) is 0 Å². The van der Waals surface area contributed by atoms with E-state index in [0.29, 0.717) is 0 Å². The maximum Gasteiger partial charge on any atom is 0.0547 e. The summed E-state index contributed by atoms with van der Waals surface area (Å²) in [6, 6.07) is 75.3. The van der Waals surface area contributed by atoms with Crippen LogP contribution in [0.4, 0.5) is 0 Å². The van der Waals surface area contributed by atoms with Gasteiger partial charge < -0.3 is 9.13 Å². The summed E-state index contributed by atoms with van der Waals surface area (Å²) in [5, 5.41) is 7.48. The van der Waals surface area contributed by atoms with Gasteiger partial charge in [-0.3, -0.25) is 0 Å². The third-order valence-electron chi connectivity index (χ3n) is 11.1. The highest BCUT2D eigenvalue weighted by Gasteiger charge is 2.19. The van der Waals surface area contributed by atoms with Crippen molar-refractivity contribution >= 4 is 54.4 Å². The number of hydrogen-bond acceptors (Lipinski definition) is 0. The van der Waals surface area contributed by atoms with Crippen molar-refractivity contribution in [1.82, 2.24) is 9.13 Å². The summed E-state index contributed by atoms with van der Waals surface area (Å²) in [6.45, 7) is 0. The Morgan fingerprint density at radius 3 is 1.67 bits per heavy atom. The van der Waals surface area contributed by atoms with Crippen LogP contribution in [0.2, 0.25) is 0 Å². The van der Waals surface area contributed by atoms with Crippen LogP contribution >= 0.6 is 0 Å². The highest BCUT2D eigenvalue weighted by atomic mass is 15.0. The molecule has 11 aromatic rings. The summed E-state index contributed by atoms with van der Waals surface area (Å²) < 4.78 is 4.83. The normalized spacial score (nSPS) is 11.7. The first kappa shape index (κ1) is 30.5. The fraction of sp³-hybridized carbons (Fsp3) is 0. The van der Waals surface area contributed by atoms with Crippen LogP contribution in [-0.2, 0) is 0 Å². The summed E-state index contributed by atoms with van der Waals surface area (Å²) in [5.41, 5.74) is 14.4. The number of para-hydroxylation sites is 2. The van der Waals surface area contributed by atoms with Crippen LogP contribution in [0.3, 0.4) is 0 Å². The highest BCUT2D eigenvalue weighted by Crippen LogP contribution is 2.42. The predicted molar refractivity (Wildman–Crippen MR) is 229 cm³/mol. The molecule has 2 heteroatoms. The van der Waals surface area contributed by atoms with Gasteiger partial charge in [0.1, 0.15) is 0 Å². The first-order valence-electron chi connectivity index (χ1n) is 18.6. The van der Waals surface area contributed by atoms with Crippen molar-refractivity contribution in [2.24, 2.45) is 0 Å². The maximum atomic E-state index is 2.45. The van der Waals surface area contributed by atoms with Crippen molar-refractivity contribution in [2.45, 2.75) is 0 Å². The van der Waals surface area contributed by atoms with E-state index < -0.39 is 0 Å². The second kappa shape index (κ2) is 12.2. The summed E-state index contributed by atoms with van der Waals surface area (Å²) in [6.07, 6.45) is 0. The van der Waals surface area contributed by atoms with Gasteiger partial charge in [0, 0.05) is 32.9 Å². The van der Waals surface area contributed by atoms with Gasteiger partial charge in [0.2, 0.25) is 0 Å². The SMILES string of the molecule is c1ccc(-c2cccc(-c3cccc4c3c3cc(-c5ccc6c(c5)c5ccccc5n6-c5ccccc5)ccc3n4-c3ccc4ccccc4c3)c2)cc1. The third-order valence-corrected chi connectivity index (χ3v) is 11.1. The van der Waals surface area contributed by atoms with Gasteiger partial charge in [-0.15, -0.1) is 0 Å². The van der Waals surface area contributed by atoms with E-state index in [2.05, 4.69) is 215 Å². The molecule has 2 aromatic heterocycles. The van der Waals surface area contributed by atoms with Crippen molar-refractivity contribution in [3.63, 3.8) is 0 Å². The Kier molecular flexibility index (Phi) is 6.90. The van der Waals surface area contributed by atoms with Crippen LogP contribution in [0.5, 0.6) is 0 Å². The molecule has 2 heterocycles. The van der Waals surface area contributed by atoms with E-state index in [0.717, 1.165) is 5.69 Å². The first-order chi connectivity index (χ1) is 26.8. The van der Waals surface area contributed by atoms with Crippen LogP contribution < -0.4 is 0 Å². The predicted octanol–water partition coefficient (Wildman–Crippen LogP) is 14.0. The topological polar surface area (TPSA) is 9.86 Å². The molecule has 2 nitrogen and oxygen atoms in total. The summed E-state index contributed by atoms with van der Waals surface area (Å²) in [4.78, 5) is 0. The van der Waals surface area contributed by atoms with Crippen molar-refractivity contribution in [3.8, 4) is 44.8 Å². The minimum Gasteiger partial charge on any atom is -0.309 e. The lowest BCUT2D eigenvalue weighted by molar-refractivity contribution is 1.18. The van der Waals surface area contributed by atoms with Gasteiger partial charge in [0.15, 0.2) is 0 Å². The summed E-state index contributed by atoms with van der Waals surface area (Å²) >= 11 is 0. The Bertz CT molecular complexity index is 3200.